The number of aryl methyl sites for hydroxylation is 1. The second kappa shape index (κ2) is 3.43. The molecular weight excluding hydrogens is 234 g/mol. The molecule has 0 saturated carbocycles. The van der Waals surface area contributed by atoms with E-state index in [9.17, 15) is 9.90 Å². The van der Waals surface area contributed by atoms with Crippen LogP contribution in [0, 0.1) is 0 Å². The third-order valence-electron chi connectivity index (χ3n) is 2.99. The fourth-order valence-corrected chi connectivity index (χ4v) is 2.06. The monoisotopic (exact) mass is 245 g/mol. The van der Waals surface area contributed by atoms with Crippen molar-refractivity contribution in [2.24, 2.45) is 7.05 Å². The summed E-state index contributed by atoms with van der Waals surface area (Å²) in [5.41, 5.74) is 6.84. The largest absolute Gasteiger partial charge is 0.508 e. The fraction of sp³-hybridized carbons (Fsp3) is 0.0833. The molecule has 4 N–H and O–H groups in total. The number of phenolic OH excluding ortho intramolecular Hbond substituents is 1. The SMILES string of the molecule is Cn1c(-c2o[nH]c(=O)c2N)cc2cc(O)ccc21. The lowest BCUT2D eigenvalue weighted by molar-refractivity contribution is 0.424. The van der Waals surface area contributed by atoms with Crippen LogP contribution in [0.4, 0.5) is 5.69 Å². The first-order valence-corrected chi connectivity index (χ1v) is 5.33. The van der Waals surface area contributed by atoms with Crippen LogP contribution in [0.15, 0.2) is 33.6 Å². The number of aromatic amines is 1. The number of nitrogens with two attached hydrogens (primary N) is 1. The Bertz CT molecular complexity index is 795. The summed E-state index contributed by atoms with van der Waals surface area (Å²) in [6.45, 7) is 0. The minimum Gasteiger partial charge on any atom is -0.508 e. The number of benzene rings is 1. The first-order chi connectivity index (χ1) is 8.58. The molecule has 92 valence electrons. The number of nitrogen functional groups attached to an aromatic ring is 1. The fourth-order valence-electron chi connectivity index (χ4n) is 2.06. The van der Waals surface area contributed by atoms with Crippen molar-refractivity contribution in [3.05, 3.63) is 34.6 Å². The number of nitrogens with zero attached hydrogens (tertiary/aromatic N) is 1. The lowest BCUT2D eigenvalue weighted by Gasteiger charge is -2.01. The van der Waals surface area contributed by atoms with Crippen molar-refractivity contribution in [2.45, 2.75) is 0 Å². The highest BCUT2D eigenvalue weighted by Gasteiger charge is 2.16. The van der Waals surface area contributed by atoms with E-state index >= 15 is 0 Å². The van der Waals surface area contributed by atoms with Gasteiger partial charge in [0.1, 0.15) is 11.4 Å². The summed E-state index contributed by atoms with van der Waals surface area (Å²) in [4.78, 5) is 11.3. The molecule has 0 aliphatic heterocycles. The average Bonchev–Trinajstić information content (AvgIpc) is 2.82. The van der Waals surface area contributed by atoms with E-state index in [0.717, 1.165) is 10.9 Å². The summed E-state index contributed by atoms with van der Waals surface area (Å²) in [6, 6.07) is 6.83. The van der Waals surface area contributed by atoms with Crippen LogP contribution < -0.4 is 11.3 Å². The van der Waals surface area contributed by atoms with Crippen LogP contribution in [-0.2, 0) is 7.05 Å². The molecule has 0 aliphatic carbocycles. The third-order valence-corrected chi connectivity index (χ3v) is 2.99. The van der Waals surface area contributed by atoms with Crippen LogP contribution in [0.2, 0.25) is 0 Å². The molecule has 0 radical (unpaired) electrons. The Morgan fingerprint density at radius 2 is 2.17 bits per heavy atom. The van der Waals surface area contributed by atoms with Gasteiger partial charge in [-0.05, 0) is 24.3 Å². The maximum absolute atomic E-state index is 11.3. The lowest BCUT2D eigenvalue weighted by Crippen LogP contribution is -2.05. The van der Waals surface area contributed by atoms with Crippen molar-refractivity contribution in [1.29, 1.82) is 0 Å². The van der Waals surface area contributed by atoms with Gasteiger partial charge in [0.2, 0.25) is 5.76 Å². The Kier molecular flexibility index (Phi) is 2.00. The zero-order valence-corrected chi connectivity index (χ0v) is 9.60. The van der Waals surface area contributed by atoms with Gasteiger partial charge in [-0.25, -0.2) is 0 Å². The van der Waals surface area contributed by atoms with Gasteiger partial charge in [-0.3, -0.25) is 4.79 Å². The number of nitrogens with one attached hydrogen (secondary N) is 1. The number of rotatable bonds is 1. The Morgan fingerprint density at radius 3 is 2.83 bits per heavy atom. The molecule has 0 bridgehead atoms. The van der Waals surface area contributed by atoms with Gasteiger partial charge in [0.05, 0.1) is 5.69 Å². The number of fused-ring (bicyclic) bond motifs is 1. The van der Waals surface area contributed by atoms with Crippen molar-refractivity contribution in [3.63, 3.8) is 0 Å². The molecule has 6 nitrogen and oxygen atoms in total. The summed E-state index contributed by atoms with van der Waals surface area (Å²) >= 11 is 0. The molecule has 1 aromatic carbocycles. The normalized spacial score (nSPS) is 11.2. The second-order valence-corrected chi connectivity index (χ2v) is 4.11. The molecule has 3 rings (SSSR count). The first-order valence-electron chi connectivity index (χ1n) is 5.33. The summed E-state index contributed by atoms with van der Waals surface area (Å²) in [5, 5.41) is 12.5. The minimum absolute atomic E-state index is 0.0464. The first kappa shape index (κ1) is 10.5. The second-order valence-electron chi connectivity index (χ2n) is 4.11. The molecule has 0 atom stereocenters. The van der Waals surface area contributed by atoms with E-state index in [0.29, 0.717) is 11.5 Å². The number of anilines is 1. The van der Waals surface area contributed by atoms with Gasteiger partial charge >= 0.3 is 5.56 Å². The maximum Gasteiger partial charge on any atom is 0.303 e. The molecule has 6 heteroatoms. The Balaban J connectivity index is 2.33. The third kappa shape index (κ3) is 1.32. The smallest absolute Gasteiger partial charge is 0.303 e. The van der Waals surface area contributed by atoms with Crippen molar-refractivity contribution >= 4 is 16.6 Å². The van der Waals surface area contributed by atoms with E-state index in [1.54, 1.807) is 24.3 Å². The summed E-state index contributed by atoms with van der Waals surface area (Å²) in [6.07, 6.45) is 0. The van der Waals surface area contributed by atoms with Gasteiger partial charge in [0.25, 0.3) is 0 Å². The molecule has 0 aliphatic rings. The van der Waals surface area contributed by atoms with Gasteiger partial charge in [-0.1, -0.05) is 0 Å². The Labute approximate surface area is 101 Å². The molecule has 0 amide bonds. The predicted octanol–water partition coefficient (Wildman–Crippen LogP) is 1.41. The standard InChI is InChI=1S/C12H11N3O3/c1-15-8-3-2-7(16)4-6(8)5-9(15)11-10(13)12(17)14-18-11/h2-5,16H,13H2,1H3,(H,14,17). The van der Waals surface area contributed by atoms with Gasteiger partial charge in [-0.2, -0.15) is 5.16 Å². The molecule has 0 saturated heterocycles. The van der Waals surface area contributed by atoms with E-state index in [1.807, 2.05) is 11.6 Å². The number of H-pyrrole nitrogens is 1. The minimum atomic E-state index is -0.446. The van der Waals surface area contributed by atoms with Gasteiger partial charge in [-0.15, -0.1) is 0 Å². The molecule has 0 unspecified atom stereocenters. The summed E-state index contributed by atoms with van der Waals surface area (Å²) in [5.74, 6) is 0.487. The number of aromatic hydroxyl groups is 1. The van der Waals surface area contributed by atoms with Gasteiger partial charge in [0.15, 0.2) is 0 Å². The van der Waals surface area contributed by atoms with Crippen LogP contribution in [0.5, 0.6) is 5.75 Å². The van der Waals surface area contributed by atoms with E-state index < -0.39 is 5.56 Å². The lowest BCUT2D eigenvalue weighted by atomic mass is 10.2. The highest BCUT2D eigenvalue weighted by atomic mass is 16.5. The number of aromatic nitrogens is 2. The molecule has 0 spiro atoms. The number of hydrogen-bond donors (Lipinski definition) is 3. The van der Waals surface area contributed by atoms with Crippen LogP contribution in [-0.4, -0.2) is 14.8 Å². The van der Waals surface area contributed by atoms with Crippen LogP contribution in [0.1, 0.15) is 0 Å². The molecule has 18 heavy (non-hydrogen) atoms. The zero-order chi connectivity index (χ0) is 12.9. The molecule has 0 fully saturated rings. The average molecular weight is 245 g/mol. The molecular formula is C12H11N3O3. The van der Waals surface area contributed by atoms with E-state index in [1.165, 1.54) is 0 Å². The van der Waals surface area contributed by atoms with E-state index in [-0.39, 0.29) is 11.4 Å². The van der Waals surface area contributed by atoms with Crippen LogP contribution in [0.3, 0.4) is 0 Å². The number of phenols is 1. The van der Waals surface area contributed by atoms with Gasteiger partial charge < -0.3 is 19.9 Å². The summed E-state index contributed by atoms with van der Waals surface area (Å²) < 4.78 is 6.92. The van der Waals surface area contributed by atoms with E-state index in [4.69, 9.17) is 10.3 Å². The molecule has 3 aromatic rings. The van der Waals surface area contributed by atoms with Crippen LogP contribution >= 0.6 is 0 Å². The topological polar surface area (TPSA) is 97.2 Å². The predicted molar refractivity (Wildman–Crippen MR) is 67.3 cm³/mol. The zero-order valence-electron chi connectivity index (χ0n) is 9.60. The molecule has 2 aromatic heterocycles. The highest BCUT2D eigenvalue weighted by Crippen LogP contribution is 2.30. The van der Waals surface area contributed by atoms with Crippen LogP contribution in [0.25, 0.3) is 22.4 Å². The van der Waals surface area contributed by atoms with E-state index in [2.05, 4.69) is 5.16 Å². The van der Waals surface area contributed by atoms with Crippen molar-refractivity contribution in [1.82, 2.24) is 9.72 Å². The maximum atomic E-state index is 11.3. The number of hydrogen-bond acceptors (Lipinski definition) is 4. The van der Waals surface area contributed by atoms with Crippen molar-refractivity contribution in [2.75, 3.05) is 5.73 Å². The van der Waals surface area contributed by atoms with Crippen molar-refractivity contribution in [3.8, 4) is 17.2 Å². The Hall–Kier alpha value is -2.63. The molecule has 2 heterocycles. The Morgan fingerprint density at radius 1 is 1.39 bits per heavy atom. The van der Waals surface area contributed by atoms with Crippen molar-refractivity contribution < 1.29 is 9.63 Å². The quantitative estimate of drug-likeness (QED) is 0.603. The highest BCUT2D eigenvalue weighted by molar-refractivity contribution is 5.88. The summed E-state index contributed by atoms with van der Waals surface area (Å²) in [7, 11) is 1.83. The van der Waals surface area contributed by atoms with Gasteiger partial charge in [0, 0.05) is 18.0 Å².